The summed E-state index contributed by atoms with van der Waals surface area (Å²) in [6.45, 7) is 2.05. The zero-order valence-corrected chi connectivity index (χ0v) is 17.6. The molecule has 0 spiro atoms. The van der Waals surface area contributed by atoms with Gasteiger partial charge in [0.1, 0.15) is 9.22 Å². The van der Waals surface area contributed by atoms with Crippen LogP contribution in [-0.4, -0.2) is 13.4 Å². The van der Waals surface area contributed by atoms with Crippen molar-refractivity contribution in [1.82, 2.24) is 4.98 Å². The molecule has 0 aliphatic heterocycles. The normalized spacial score (nSPS) is 11.8. The van der Waals surface area contributed by atoms with Gasteiger partial charge in [0, 0.05) is 11.3 Å². The molecule has 0 amide bonds. The highest BCUT2D eigenvalue weighted by Gasteiger charge is 2.16. The van der Waals surface area contributed by atoms with Crippen LogP contribution in [0.4, 0.5) is 5.69 Å². The maximum Gasteiger partial charge on any atom is 0.271 e. The Morgan fingerprint density at radius 3 is 2.46 bits per heavy atom. The number of thiophene rings is 1. The summed E-state index contributed by atoms with van der Waals surface area (Å²) >= 11 is 6.08. The highest BCUT2D eigenvalue weighted by molar-refractivity contribution is 9.11. The molecule has 26 heavy (non-hydrogen) atoms. The number of nitrogens with zero attached hydrogens (tertiary/aromatic N) is 1. The minimum Gasteiger partial charge on any atom is -0.279 e. The Bertz CT molecular complexity index is 1190. The summed E-state index contributed by atoms with van der Waals surface area (Å²) in [6, 6.07) is 16.8. The number of benzene rings is 2. The average molecular weight is 465 g/mol. The van der Waals surface area contributed by atoms with Crippen LogP contribution < -0.4 is 4.72 Å². The molecule has 0 radical (unpaired) electrons. The number of fused-ring (bicyclic) bond motifs is 1. The third-order valence-electron chi connectivity index (χ3n) is 3.74. The fraction of sp³-hybridized carbons (Fsp3) is 0.0556. The van der Waals surface area contributed by atoms with Crippen LogP contribution in [0.3, 0.4) is 0 Å². The molecule has 0 atom stereocenters. The minimum absolute atomic E-state index is 0.273. The molecule has 132 valence electrons. The molecule has 0 bridgehead atoms. The monoisotopic (exact) mass is 464 g/mol. The lowest BCUT2D eigenvalue weighted by Gasteiger charge is -2.06. The molecule has 0 fully saturated rings. The van der Waals surface area contributed by atoms with Crippen molar-refractivity contribution in [3.8, 4) is 10.6 Å². The number of anilines is 1. The van der Waals surface area contributed by atoms with Gasteiger partial charge in [-0.25, -0.2) is 13.4 Å². The van der Waals surface area contributed by atoms with E-state index in [1.54, 1.807) is 35.6 Å². The van der Waals surface area contributed by atoms with Crippen molar-refractivity contribution in [2.24, 2.45) is 0 Å². The second kappa shape index (κ2) is 6.77. The van der Waals surface area contributed by atoms with E-state index >= 15 is 0 Å². The molecule has 1 N–H and O–H groups in total. The summed E-state index contributed by atoms with van der Waals surface area (Å²) in [6.07, 6.45) is 0. The summed E-state index contributed by atoms with van der Waals surface area (Å²) < 4.78 is 29.6. The molecule has 2 aromatic carbocycles. The topological polar surface area (TPSA) is 59.1 Å². The van der Waals surface area contributed by atoms with Gasteiger partial charge >= 0.3 is 0 Å². The third-order valence-corrected chi connectivity index (χ3v) is 8.32. The van der Waals surface area contributed by atoms with Crippen LogP contribution in [0.2, 0.25) is 0 Å². The Labute approximate surface area is 167 Å². The van der Waals surface area contributed by atoms with E-state index in [2.05, 4.69) is 43.8 Å². The van der Waals surface area contributed by atoms with E-state index in [0.717, 1.165) is 24.6 Å². The predicted octanol–water partition coefficient (Wildman–Crippen LogP) is 5.90. The van der Waals surface area contributed by atoms with Crippen LogP contribution in [0.25, 0.3) is 20.8 Å². The minimum atomic E-state index is -3.57. The zero-order chi connectivity index (χ0) is 18.3. The smallest absolute Gasteiger partial charge is 0.271 e. The summed E-state index contributed by atoms with van der Waals surface area (Å²) in [7, 11) is -3.57. The molecule has 2 heterocycles. The number of rotatable bonds is 4. The fourth-order valence-electron chi connectivity index (χ4n) is 2.49. The summed E-state index contributed by atoms with van der Waals surface area (Å²) in [5, 5.41) is 0.919. The van der Waals surface area contributed by atoms with Crippen molar-refractivity contribution in [2.45, 2.75) is 11.1 Å². The van der Waals surface area contributed by atoms with Crippen LogP contribution in [0.1, 0.15) is 5.56 Å². The maximum atomic E-state index is 12.4. The van der Waals surface area contributed by atoms with E-state index in [1.807, 2.05) is 19.1 Å². The molecule has 4 aromatic rings. The highest BCUT2D eigenvalue weighted by atomic mass is 79.9. The number of sulfonamides is 1. The molecule has 2 aromatic heterocycles. The highest BCUT2D eigenvalue weighted by Crippen LogP contribution is 2.32. The first-order valence-corrected chi connectivity index (χ1v) is 11.6. The van der Waals surface area contributed by atoms with E-state index in [0.29, 0.717) is 5.69 Å². The predicted molar refractivity (Wildman–Crippen MR) is 113 cm³/mol. The van der Waals surface area contributed by atoms with Crippen LogP contribution in [-0.2, 0) is 10.0 Å². The van der Waals surface area contributed by atoms with Crippen molar-refractivity contribution >= 4 is 64.5 Å². The Kier molecular flexibility index (Phi) is 4.60. The third kappa shape index (κ3) is 3.55. The van der Waals surface area contributed by atoms with Gasteiger partial charge in [-0.1, -0.05) is 6.07 Å². The van der Waals surface area contributed by atoms with Gasteiger partial charge in [0.2, 0.25) is 0 Å². The van der Waals surface area contributed by atoms with Gasteiger partial charge in [0.05, 0.1) is 14.0 Å². The first kappa shape index (κ1) is 17.7. The van der Waals surface area contributed by atoms with Gasteiger partial charge in [0.15, 0.2) is 0 Å². The lowest BCUT2D eigenvalue weighted by molar-refractivity contribution is 0.603. The van der Waals surface area contributed by atoms with Crippen LogP contribution in [0.5, 0.6) is 0 Å². The van der Waals surface area contributed by atoms with Gasteiger partial charge in [-0.2, -0.15) is 0 Å². The maximum absolute atomic E-state index is 12.4. The van der Waals surface area contributed by atoms with Crippen molar-refractivity contribution < 1.29 is 8.42 Å². The average Bonchev–Trinajstić information content (AvgIpc) is 3.21. The summed E-state index contributed by atoms with van der Waals surface area (Å²) in [5.41, 5.74) is 3.65. The lowest BCUT2D eigenvalue weighted by Crippen LogP contribution is -2.11. The van der Waals surface area contributed by atoms with Crippen molar-refractivity contribution in [3.63, 3.8) is 0 Å². The zero-order valence-electron chi connectivity index (χ0n) is 13.6. The fourth-order valence-corrected chi connectivity index (χ4v) is 6.51. The van der Waals surface area contributed by atoms with Gasteiger partial charge in [-0.15, -0.1) is 22.7 Å². The molecule has 0 aliphatic carbocycles. The molecular formula is C18H13BrN2O2S3. The number of aromatic nitrogens is 1. The van der Waals surface area contributed by atoms with Crippen molar-refractivity contribution in [3.05, 3.63) is 63.9 Å². The Hall–Kier alpha value is -1.74. The van der Waals surface area contributed by atoms with E-state index in [1.165, 1.54) is 16.9 Å². The van der Waals surface area contributed by atoms with Gasteiger partial charge in [-0.3, -0.25) is 4.72 Å². The Morgan fingerprint density at radius 2 is 1.77 bits per heavy atom. The number of halogens is 1. The molecule has 0 saturated heterocycles. The quantitative estimate of drug-likeness (QED) is 0.409. The van der Waals surface area contributed by atoms with E-state index in [9.17, 15) is 8.42 Å². The molecule has 4 nitrogen and oxygen atoms in total. The molecule has 0 aliphatic rings. The standard InChI is InChI=1S/C18H13BrN2O2S3/c1-11-2-7-15-14(10-11)20-18(24-15)12-3-5-13(6-4-12)21-26(22,23)17-9-8-16(19)25-17/h2-10,21H,1H3. The Balaban J connectivity index is 1.60. The van der Waals surface area contributed by atoms with Crippen molar-refractivity contribution in [1.29, 1.82) is 0 Å². The molecular weight excluding hydrogens is 452 g/mol. The van der Waals surface area contributed by atoms with E-state index in [-0.39, 0.29) is 4.21 Å². The molecule has 8 heteroatoms. The van der Waals surface area contributed by atoms with Crippen molar-refractivity contribution in [2.75, 3.05) is 4.72 Å². The van der Waals surface area contributed by atoms with E-state index < -0.39 is 10.0 Å². The SMILES string of the molecule is Cc1ccc2sc(-c3ccc(NS(=O)(=O)c4ccc(Br)s4)cc3)nc2c1. The van der Waals surface area contributed by atoms with Gasteiger partial charge < -0.3 is 0 Å². The van der Waals surface area contributed by atoms with Crippen LogP contribution in [0.15, 0.2) is 62.6 Å². The number of thiazole rings is 1. The Morgan fingerprint density at radius 1 is 1.00 bits per heavy atom. The number of hydrogen-bond acceptors (Lipinski definition) is 5. The molecule has 4 rings (SSSR count). The second-order valence-electron chi connectivity index (χ2n) is 5.73. The van der Waals surface area contributed by atoms with Crippen LogP contribution >= 0.6 is 38.6 Å². The largest absolute Gasteiger partial charge is 0.279 e. The lowest BCUT2D eigenvalue weighted by atomic mass is 10.2. The first-order chi connectivity index (χ1) is 12.4. The van der Waals surface area contributed by atoms with Crippen LogP contribution in [0, 0.1) is 6.92 Å². The summed E-state index contributed by atoms with van der Waals surface area (Å²) in [4.78, 5) is 4.67. The molecule has 0 saturated carbocycles. The van der Waals surface area contributed by atoms with Gasteiger partial charge in [0.25, 0.3) is 10.0 Å². The molecule has 0 unspecified atom stereocenters. The summed E-state index contributed by atoms with van der Waals surface area (Å²) in [5.74, 6) is 0. The number of nitrogens with one attached hydrogen (secondary N) is 1. The second-order valence-corrected chi connectivity index (χ2v) is 11.1. The number of aryl methyl sites for hydroxylation is 1. The first-order valence-electron chi connectivity index (χ1n) is 7.66. The number of hydrogen-bond donors (Lipinski definition) is 1. The van der Waals surface area contributed by atoms with E-state index in [4.69, 9.17) is 0 Å². The van der Waals surface area contributed by atoms with Gasteiger partial charge in [-0.05, 0) is 76.9 Å².